The van der Waals surface area contributed by atoms with Gasteiger partial charge in [0.1, 0.15) is 17.9 Å². The van der Waals surface area contributed by atoms with Gasteiger partial charge in [0.2, 0.25) is 11.8 Å². The maximum Gasteiger partial charge on any atom is 0.490 e. The Morgan fingerprint density at radius 1 is 1.00 bits per heavy atom. The van der Waals surface area contributed by atoms with Crippen molar-refractivity contribution in [3.63, 3.8) is 0 Å². The number of alkyl halides is 6. The van der Waals surface area contributed by atoms with Crippen LogP contribution in [0.2, 0.25) is 5.15 Å². The Morgan fingerprint density at radius 2 is 1.54 bits per heavy atom. The molecule has 2 heterocycles. The van der Waals surface area contributed by atoms with Crippen LogP contribution in [0.5, 0.6) is 0 Å². The van der Waals surface area contributed by atoms with Crippen molar-refractivity contribution in [3.05, 3.63) is 64.9 Å². The Labute approximate surface area is 233 Å². The Bertz CT molecular complexity index is 1160. The van der Waals surface area contributed by atoms with Gasteiger partial charge in [-0.1, -0.05) is 48.0 Å². The van der Waals surface area contributed by atoms with E-state index in [2.05, 4.69) is 4.98 Å². The minimum Gasteiger partial charge on any atom is -0.475 e. The lowest BCUT2D eigenvalue weighted by atomic mass is 9.97. The zero-order chi connectivity index (χ0) is 31.4. The summed E-state index contributed by atoms with van der Waals surface area (Å²) >= 11 is 6.25. The molecule has 2 aromatic rings. The zero-order valence-electron chi connectivity index (χ0n) is 20.9. The first-order chi connectivity index (χ1) is 18.9. The van der Waals surface area contributed by atoms with Crippen LogP contribution < -0.4 is 5.73 Å². The van der Waals surface area contributed by atoms with E-state index in [1.807, 2.05) is 36.4 Å². The molecule has 0 spiro atoms. The predicted molar refractivity (Wildman–Crippen MR) is 129 cm³/mol. The van der Waals surface area contributed by atoms with Crippen molar-refractivity contribution in [1.29, 1.82) is 0 Å². The van der Waals surface area contributed by atoms with E-state index in [-0.39, 0.29) is 24.3 Å². The van der Waals surface area contributed by atoms with E-state index in [1.165, 1.54) is 0 Å². The maximum absolute atomic E-state index is 12.6. The lowest BCUT2D eigenvalue weighted by Gasteiger charge is -2.31. The quantitative estimate of drug-likeness (QED) is 0.326. The smallest absolute Gasteiger partial charge is 0.475 e. The number of likely N-dealkylation sites (tertiary alicyclic amines) is 1. The summed E-state index contributed by atoms with van der Waals surface area (Å²) in [4.78, 5) is 47.6. The molecule has 4 N–H and O–H groups in total. The lowest BCUT2D eigenvalue weighted by molar-refractivity contribution is -0.193. The number of carbonyl (C=O) groups is 4. The molecule has 1 aromatic carbocycles. The highest BCUT2D eigenvalue weighted by Gasteiger charge is 2.39. The van der Waals surface area contributed by atoms with Gasteiger partial charge in [-0.05, 0) is 24.5 Å². The van der Waals surface area contributed by atoms with Gasteiger partial charge in [-0.2, -0.15) is 26.3 Å². The predicted octanol–water partition coefficient (Wildman–Crippen LogP) is 3.83. The Kier molecular flexibility index (Phi) is 13.5. The number of aliphatic carboxylic acids is 2. The number of piperidine rings is 1. The number of carboxylic acid groups (broad SMARTS) is 2. The molecular weight excluding hydrogens is 592 g/mol. The van der Waals surface area contributed by atoms with E-state index < -0.39 is 30.4 Å². The normalized spacial score (nSPS) is 15.8. The van der Waals surface area contributed by atoms with E-state index in [9.17, 15) is 35.9 Å². The summed E-state index contributed by atoms with van der Waals surface area (Å²) in [5.74, 6) is -6.33. The highest BCUT2D eigenvalue weighted by atomic mass is 35.5. The number of carboxylic acids is 2. The molecule has 3 rings (SSSR count). The molecule has 2 atom stereocenters. The summed E-state index contributed by atoms with van der Waals surface area (Å²) in [6.07, 6.45) is -7.59. The summed E-state index contributed by atoms with van der Waals surface area (Å²) in [5, 5.41) is 14.6. The van der Waals surface area contributed by atoms with E-state index in [0.717, 1.165) is 18.4 Å². The average molecular weight is 616 g/mol. The van der Waals surface area contributed by atoms with E-state index in [1.54, 1.807) is 17.2 Å². The van der Waals surface area contributed by atoms with Crippen LogP contribution in [0, 0.1) is 5.92 Å². The largest absolute Gasteiger partial charge is 0.490 e. The number of benzene rings is 1. The fraction of sp³-hybridized carbons (Fsp3) is 0.375. The number of ether oxygens (including phenoxy) is 1. The molecule has 1 aliphatic heterocycles. The first-order valence-corrected chi connectivity index (χ1v) is 11.8. The molecule has 0 bridgehead atoms. The number of halogens is 7. The second kappa shape index (κ2) is 15.8. The zero-order valence-corrected chi connectivity index (χ0v) is 21.6. The van der Waals surface area contributed by atoms with Crippen LogP contribution in [0.15, 0.2) is 48.7 Å². The topological polar surface area (TPSA) is 160 Å². The van der Waals surface area contributed by atoms with Crippen LogP contribution in [0.25, 0.3) is 0 Å². The first kappa shape index (κ1) is 35.1. The van der Waals surface area contributed by atoms with E-state index in [0.29, 0.717) is 23.8 Å². The van der Waals surface area contributed by atoms with Crippen LogP contribution >= 0.6 is 11.6 Å². The molecule has 1 aromatic heterocycles. The van der Waals surface area contributed by atoms with E-state index >= 15 is 0 Å². The third-order valence-electron chi connectivity index (χ3n) is 5.21. The first-order valence-electron chi connectivity index (χ1n) is 11.4. The molecule has 1 aliphatic rings. The van der Waals surface area contributed by atoms with Crippen molar-refractivity contribution in [2.45, 2.75) is 31.3 Å². The second-order valence-corrected chi connectivity index (χ2v) is 8.53. The van der Waals surface area contributed by atoms with E-state index in [4.69, 9.17) is 41.9 Å². The summed E-state index contributed by atoms with van der Waals surface area (Å²) in [7, 11) is 0. The SMILES string of the molecule is NC(=O)C1CCCN(C(=O)COC(c2ccccc2)c2cccnc2Cl)C1.O=C(O)C(F)(F)F.O=C(O)C(F)(F)F. The van der Waals surface area contributed by atoms with Crippen LogP contribution in [-0.2, 0) is 23.9 Å². The third-order valence-corrected chi connectivity index (χ3v) is 5.52. The summed E-state index contributed by atoms with van der Waals surface area (Å²) in [5.41, 5.74) is 6.97. The van der Waals surface area contributed by atoms with Gasteiger partial charge in [-0.25, -0.2) is 14.6 Å². The van der Waals surface area contributed by atoms with Crippen molar-refractivity contribution < 1.29 is 60.5 Å². The molecule has 41 heavy (non-hydrogen) atoms. The Morgan fingerprint density at radius 3 is 2.00 bits per heavy atom. The number of aromatic nitrogens is 1. The number of hydrogen-bond donors (Lipinski definition) is 3. The highest BCUT2D eigenvalue weighted by Crippen LogP contribution is 2.30. The van der Waals surface area contributed by atoms with Crippen LogP contribution in [0.1, 0.15) is 30.1 Å². The number of carbonyl (C=O) groups excluding carboxylic acids is 2. The number of pyridine rings is 1. The standard InChI is InChI=1S/C20H22ClN3O3.2C2HF3O2/c21-19-16(9-4-10-23-19)18(14-6-2-1-3-7-14)27-13-17(25)24-11-5-8-15(12-24)20(22)26;2*3-2(4,5)1(6)7/h1-4,6-7,9-10,15,18H,5,8,11-13H2,(H2,22,26);2*(H,6,7). The van der Waals surface area contributed by atoms with Gasteiger partial charge in [0.05, 0.1) is 5.92 Å². The monoisotopic (exact) mass is 615 g/mol. The molecule has 10 nitrogen and oxygen atoms in total. The minimum absolute atomic E-state index is 0.115. The third kappa shape index (κ3) is 12.4. The van der Waals surface area contributed by atoms with Gasteiger partial charge in [0.25, 0.3) is 0 Å². The number of nitrogens with two attached hydrogens (primary N) is 1. The number of nitrogens with zero attached hydrogens (tertiary/aromatic N) is 2. The molecule has 2 amide bonds. The van der Waals surface area contributed by atoms with Gasteiger partial charge in [0, 0.05) is 24.8 Å². The summed E-state index contributed by atoms with van der Waals surface area (Å²) in [6, 6.07) is 13.2. The van der Waals surface area contributed by atoms with Crippen LogP contribution in [0.3, 0.4) is 0 Å². The highest BCUT2D eigenvalue weighted by molar-refractivity contribution is 6.30. The van der Waals surface area contributed by atoms with Gasteiger partial charge in [0.15, 0.2) is 0 Å². The second-order valence-electron chi connectivity index (χ2n) is 8.17. The number of hydrogen-bond acceptors (Lipinski definition) is 6. The lowest BCUT2D eigenvalue weighted by Crippen LogP contribution is -2.45. The minimum atomic E-state index is -5.08. The Balaban J connectivity index is 0.000000497. The fourth-order valence-electron chi connectivity index (χ4n) is 3.27. The molecule has 0 aliphatic carbocycles. The van der Waals surface area contributed by atoms with Crippen LogP contribution in [-0.4, -0.2) is 75.9 Å². The average Bonchev–Trinajstić information content (AvgIpc) is 2.90. The molecule has 0 radical (unpaired) electrons. The summed E-state index contributed by atoms with van der Waals surface area (Å²) < 4.78 is 69.4. The molecule has 2 unspecified atom stereocenters. The fourth-order valence-corrected chi connectivity index (χ4v) is 3.49. The molecule has 226 valence electrons. The molecular formula is C24H24ClF6N3O7. The number of amides is 2. The van der Waals surface area contributed by atoms with Gasteiger partial charge in [-0.15, -0.1) is 0 Å². The molecule has 1 saturated heterocycles. The van der Waals surface area contributed by atoms with Crippen molar-refractivity contribution in [3.8, 4) is 0 Å². The molecule has 0 saturated carbocycles. The molecule has 17 heteroatoms. The number of primary amides is 1. The summed E-state index contributed by atoms with van der Waals surface area (Å²) in [6.45, 7) is 0.840. The van der Waals surface area contributed by atoms with Crippen molar-refractivity contribution >= 4 is 35.4 Å². The Hall–Kier alpha value is -3.92. The van der Waals surface area contributed by atoms with Gasteiger partial charge < -0.3 is 25.6 Å². The van der Waals surface area contributed by atoms with Crippen LogP contribution in [0.4, 0.5) is 26.3 Å². The van der Waals surface area contributed by atoms with Crippen molar-refractivity contribution in [1.82, 2.24) is 9.88 Å². The maximum atomic E-state index is 12.6. The van der Waals surface area contributed by atoms with Gasteiger partial charge >= 0.3 is 24.3 Å². The van der Waals surface area contributed by atoms with Crippen molar-refractivity contribution in [2.75, 3.05) is 19.7 Å². The molecule has 1 fully saturated rings. The number of rotatable bonds is 6. The van der Waals surface area contributed by atoms with Gasteiger partial charge in [-0.3, -0.25) is 9.59 Å². The van der Waals surface area contributed by atoms with Crippen molar-refractivity contribution in [2.24, 2.45) is 11.7 Å².